The molecule has 0 amide bonds. The fourth-order valence-electron chi connectivity index (χ4n) is 3.87. The highest BCUT2D eigenvalue weighted by Gasteiger charge is 2.50. The highest BCUT2D eigenvalue weighted by Crippen LogP contribution is 2.44. The van der Waals surface area contributed by atoms with E-state index in [1.807, 2.05) is 4.90 Å². The normalized spacial score (nSPS) is 23.4. The van der Waals surface area contributed by atoms with Crippen LogP contribution in [-0.2, 0) is 22.3 Å². The van der Waals surface area contributed by atoms with E-state index < -0.39 is 23.6 Å². The Labute approximate surface area is 150 Å². The zero-order valence-corrected chi connectivity index (χ0v) is 14.4. The molecule has 2 heterocycles. The third-order valence-corrected chi connectivity index (χ3v) is 5.19. The first-order valence-electron chi connectivity index (χ1n) is 7.99. The van der Waals surface area contributed by atoms with Crippen molar-refractivity contribution in [2.45, 2.75) is 25.6 Å². The van der Waals surface area contributed by atoms with Crippen LogP contribution < -0.4 is 0 Å². The predicted octanol–water partition coefficient (Wildman–Crippen LogP) is 3.44. The van der Waals surface area contributed by atoms with Crippen LogP contribution >= 0.6 is 12.4 Å². The van der Waals surface area contributed by atoms with Gasteiger partial charge in [0.15, 0.2) is 0 Å². The van der Waals surface area contributed by atoms with Gasteiger partial charge in [0.1, 0.15) is 0 Å². The molecular formula is C17H21ClF3NO3. The van der Waals surface area contributed by atoms with Gasteiger partial charge in [0.25, 0.3) is 0 Å². The number of rotatable bonds is 3. The highest BCUT2D eigenvalue weighted by atomic mass is 35.5. The molecule has 1 unspecified atom stereocenters. The van der Waals surface area contributed by atoms with E-state index in [1.54, 1.807) is 0 Å². The van der Waals surface area contributed by atoms with Crippen LogP contribution in [0, 0.1) is 11.3 Å². The molecule has 1 N–H and O–H groups in total. The lowest BCUT2D eigenvalue weighted by Gasteiger charge is -2.36. The number of nitrogens with zero attached hydrogens (tertiary/aromatic N) is 1. The summed E-state index contributed by atoms with van der Waals surface area (Å²) in [6.45, 7) is 2.67. The van der Waals surface area contributed by atoms with E-state index in [2.05, 4.69) is 0 Å². The van der Waals surface area contributed by atoms with Gasteiger partial charge in [0.05, 0.1) is 11.5 Å². The average Bonchev–Trinajstić information content (AvgIpc) is 2.85. The van der Waals surface area contributed by atoms with Crippen molar-refractivity contribution in [3.8, 4) is 0 Å². The molecule has 1 aromatic carbocycles. The number of aliphatic carboxylic acids is 1. The van der Waals surface area contributed by atoms with E-state index in [-0.39, 0.29) is 17.8 Å². The van der Waals surface area contributed by atoms with Crippen LogP contribution in [0.3, 0.4) is 0 Å². The molecule has 0 radical (unpaired) electrons. The van der Waals surface area contributed by atoms with E-state index in [1.165, 1.54) is 12.1 Å². The van der Waals surface area contributed by atoms with E-state index >= 15 is 0 Å². The zero-order chi connectivity index (χ0) is 17.4. The minimum absolute atomic E-state index is 0. The van der Waals surface area contributed by atoms with E-state index in [9.17, 15) is 23.1 Å². The van der Waals surface area contributed by atoms with Gasteiger partial charge < -0.3 is 9.84 Å². The summed E-state index contributed by atoms with van der Waals surface area (Å²) in [7, 11) is 0. The van der Waals surface area contributed by atoms with Gasteiger partial charge in [-0.05, 0) is 30.5 Å². The summed E-state index contributed by atoms with van der Waals surface area (Å²) in [5.41, 5.74) is -0.191. The molecular weight excluding hydrogens is 359 g/mol. The second-order valence-corrected chi connectivity index (χ2v) is 6.73. The molecule has 1 spiro atoms. The molecule has 140 valence electrons. The van der Waals surface area contributed by atoms with Gasteiger partial charge >= 0.3 is 12.1 Å². The molecule has 2 saturated heterocycles. The van der Waals surface area contributed by atoms with Crippen molar-refractivity contribution in [2.24, 2.45) is 11.3 Å². The van der Waals surface area contributed by atoms with Crippen LogP contribution in [0.15, 0.2) is 24.3 Å². The van der Waals surface area contributed by atoms with Crippen LogP contribution in [0.25, 0.3) is 0 Å². The first-order valence-corrected chi connectivity index (χ1v) is 7.99. The summed E-state index contributed by atoms with van der Waals surface area (Å²) in [6.07, 6.45) is -2.91. The summed E-state index contributed by atoms with van der Waals surface area (Å²) in [6, 6.07) is 5.08. The summed E-state index contributed by atoms with van der Waals surface area (Å²) >= 11 is 0. The zero-order valence-electron chi connectivity index (χ0n) is 13.6. The number of hydrogen-bond acceptors (Lipinski definition) is 3. The Morgan fingerprint density at radius 3 is 2.36 bits per heavy atom. The third kappa shape index (κ3) is 4.27. The Kier molecular flexibility index (Phi) is 6.01. The first-order chi connectivity index (χ1) is 11.3. The average molecular weight is 380 g/mol. The number of ether oxygens (including phenoxy) is 1. The Morgan fingerprint density at radius 1 is 1.24 bits per heavy atom. The first kappa shape index (κ1) is 20.0. The highest BCUT2D eigenvalue weighted by molar-refractivity contribution is 5.85. The molecule has 3 rings (SSSR count). The maximum Gasteiger partial charge on any atom is 0.416 e. The summed E-state index contributed by atoms with van der Waals surface area (Å²) < 4.78 is 43.2. The molecule has 8 heteroatoms. The standard InChI is InChI=1S/C17H20F3NO3.ClH/c18-17(19,20)13-3-1-12(2-4-13)9-21-10-14(15(22)23)16(11-21)5-7-24-8-6-16;/h1-4,14H,5-11H2,(H,22,23);1H. The van der Waals surface area contributed by atoms with Gasteiger partial charge in [-0.15, -0.1) is 12.4 Å². The Hall–Kier alpha value is -1.31. The lowest BCUT2D eigenvalue weighted by atomic mass is 9.72. The number of carbonyl (C=O) groups is 1. The topological polar surface area (TPSA) is 49.8 Å². The fourth-order valence-corrected chi connectivity index (χ4v) is 3.87. The molecule has 0 saturated carbocycles. The third-order valence-electron chi connectivity index (χ3n) is 5.19. The van der Waals surface area contributed by atoms with E-state index in [0.717, 1.165) is 17.7 Å². The van der Waals surface area contributed by atoms with Gasteiger partial charge in [-0.25, -0.2) is 0 Å². The Bertz CT molecular complexity index is 600. The molecule has 2 aliphatic heterocycles. The number of hydrogen-bond donors (Lipinski definition) is 1. The molecule has 1 aromatic rings. The van der Waals surface area contributed by atoms with Gasteiger partial charge in [-0.1, -0.05) is 12.1 Å². The quantitative estimate of drug-likeness (QED) is 0.874. The molecule has 0 aliphatic carbocycles. The van der Waals surface area contributed by atoms with E-state index in [4.69, 9.17) is 4.74 Å². The second kappa shape index (κ2) is 7.51. The Balaban J connectivity index is 0.00000225. The molecule has 4 nitrogen and oxygen atoms in total. The van der Waals surface area contributed by atoms with Crippen LogP contribution in [0.1, 0.15) is 24.0 Å². The minimum atomic E-state index is -4.34. The van der Waals surface area contributed by atoms with Crippen LogP contribution in [-0.4, -0.2) is 42.3 Å². The molecule has 25 heavy (non-hydrogen) atoms. The van der Waals surface area contributed by atoms with Crippen molar-refractivity contribution in [3.63, 3.8) is 0 Å². The number of alkyl halides is 3. The second-order valence-electron chi connectivity index (χ2n) is 6.73. The van der Waals surface area contributed by atoms with Crippen molar-refractivity contribution < 1.29 is 27.8 Å². The minimum Gasteiger partial charge on any atom is -0.481 e. The van der Waals surface area contributed by atoms with Crippen LogP contribution in [0.4, 0.5) is 13.2 Å². The monoisotopic (exact) mass is 379 g/mol. The van der Waals surface area contributed by atoms with Gasteiger partial charge in [-0.2, -0.15) is 13.2 Å². The lowest BCUT2D eigenvalue weighted by molar-refractivity contribution is -0.147. The molecule has 0 aromatic heterocycles. The molecule has 2 fully saturated rings. The molecule has 0 bridgehead atoms. The Morgan fingerprint density at radius 2 is 1.84 bits per heavy atom. The number of benzene rings is 1. The maximum atomic E-state index is 12.6. The maximum absolute atomic E-state index is 12.6. The summed E-state index contributed by atoms with van der Waals surface area (Å²) in [5, 5.41) is 9.55. The van der Waals surface area contributed by atoms with E-state index in [0.29, 0.717) is 45.7 Å². The van der Waals surface area contributed by atoms with Crippen molar-refractivity contribution in [3.05, 3.63) is 35.4 Å². The lowest BCUT2D eigenvalue weighted by Crippen LogP contribution is -2.40. The van der Waals surface area contributed by atoms with Gasteiger partial charge in [0, 0.05) is 38.3 Å². The van der Waals surface area contributed by atoms with Gasteiger partial charge in [0.2, 0.25) is 0 Å². The predicted molar refractivity (Wildman–Crippen MR) is 87.6 cm³/mol. The largest absolute Gasteiger partial charge is 0.481 e. The number of halogens is 4. The van der Waals surface area contributed by atoms with Crippen LogP contribution in [0.5, 0.6) is 0 Å². The number of carboxylic acid groups (broad SMARTS) is 1. The van der Waals surface area contributed by atoms with Crippen molar-refractivity contribution in [2.75, 3.05) is 26.3 Å². The number of carboxylic acids is 1. The smallest absolute Gasteiger partial charge is 0.416 e. The molecule has 1 atom stereocenters. The van der Waals surface area contributed by atoms with Crippen molar-refractivity contribution in [1.29, 1.82) is 0 Å². The summed E-state index contributed by atoms with van der Waals surface area (Å²) in [5.74, 6) is -1.25. The summed E-state index contributed by atoms with van der Waals surface area (Å²) in [4.78, 5) is 13.7. The molecule has 2 aliphatic rings. The van der Waals surface area contributed by atoms with Gasteiger partial charge in [-0.3, -0.25) is 9.69 Å². The van der Waals surface area contributed by atoms with Crippen molar-refractivity contribution in [1.82, 2.24) is 4.90 Å². The van der Waals surface area contributed by atoms with Crippen LogP contribution in [0.2, 0.25) is 0 Å². The SMILES string of the molecule is Cl.O=C(O)C1CN(Cc2ccc(C(F)(F)F)cc2)CC12CCOCC2. The fraction of sp³-hybridized carbons (Fsp3) is 0.588. The van der Waals surface area contributed by atoms with Crippen molar-refractivity contribution >= 4 is 18.4 Å². The number of likely N-dealkylation sites (tertiary alicyclic amines) is 1.